The monoisotopic (exact) mass is 283 g/mol. The van der Waals surface area contributed by atoms with Crippen LogP contribution in [0.25, 0.3) is 0 Å². The summed E-state index contributed by atoms with van der Waals surface area (Å²) in [5, 5.41) is 0. The van der Waals surface area contributed by atoms with Crippen LogP contribution in [0, 0.1) is 0 Å². The second kappa shape index (κ2) is 6.78. The van der Waals surface area contributed by atoms with Crippen molar-refractivity contribution in [1.82, 2.24) is 4.90 Å². The molecule has 104 valence electrons. The minimum atomic E-state index is -0.0846. The van der Waals surface area contributed by atoms with Crippen molar-refractivity contribution in [2.45, 2.75) is 13.0 Å². The molecule has 0 bridgehead atoms. The molecule has 1 amide bonds. The largest absolute Gasteiger partial charge is 0.493 e. The number of nitrogens with zero attached hydrogens (tertiary/aromatic N) is 1. The van der Waals surface area contributed by atoms with E-state index in [9.17, 15) is 4.79 Å². The van der Waals surface area contributed by atoms with Gasteiger partial charge in [0, 0.05) is 13.1 Å². The van der Waals surface area contributed by atoms with Crippen LogP contribution >= 0.6 is 11.6 Å². The highest BCUT2D eigenvalue weighted by atomic mass is 35.5. The van der Waals surface area contributed by atoms with E-state index < -0.39 is 0 Å². The van der Waals surface area contributed by atoms with E-state index in [4.69, 9.17) is 21.1 Å². The number of rotatable bonds is 4. The van der Waals surface area contributed by atoms with Gasteiger partial charge in [-0.25, -0.2) is 0 Å². The number of morpholine rings is 1. The summed E-state index contributed by atoms with van der Waals surface area (Å²) in [6, 6.07) is 7.31. The maximum absolute atomic E-state index is 12.5. The molecule has 2 rings (SSSR count). The third-order valence-electron chi connectivity index (χ3n) is 3.02. The van der Waals surface area contributed by atoms with Crippen LogP contribution in [0.15, 0.2) is 24.3 Å². The zero-order chi connectivity index (χ0) is 13.7. The third kappa shape index (κ3) is 3.39. The van der Waals surface area contributed by atoms with E-state index in [-0.39, 0.29) is 12.0 Å². The Bertz CT molecular complexity index is 438. The highest BCUT2D eigenvalue weighted by Crippen LogP contribution is 2.21. The number of para-hydroxylation sites is 1. The second-order valence-electron chi connectivity index (χ2n) is 4.33. The quantitative estimate of drug-likeness (QED) is 0.795. The van der Waals surface area contributed by atoms with Gasteiger partial charge in [0.15, 0.2) is 0 Å². The fourth-order valence-electron chi connectivity index (χ4n) is 2.09. The Morgan fingerprint density at radius 2 is 2.32 bits per heavy atom. The van der Waals surface area contributed by atoms with Crippen LogP contribution in [0.4, 0.5) is 0 Å². The average Bonchev–Trinajstić information content (AvgIpc) is 2.47. The van der Waals surface area contributed by atoms with Crippen LogP contribution < -0.4 is 4.74 Å². The van der Waals surface area contributed by atoms with Gasteiger partial charge in [0.05, 0.1) is 30.8 Å². The number of halogens is 1. The Kier molecular flexibility index (Phi) is 5.05. The van der Waals surface area contributed by atoms with E-state index in [0.29, 0.717) is 43.5 Å². The molecule has 1 aliphatic rings. The molecule has 19 heavy (non-hydrogen) atoms. The van der Waals surface area contributed by atoms with E-state index in [2.05, 4.69) is 0 Å². The van der Waals surface area contributed by atoms with Crippen molar-refractivity contribution in [3.05, 3.63) is 29.8 Å². The summed E-state index contributed by atoms with van der Waals surface area (Å²) >= 11 is 5.79. The van der Waals surface area contributed by atoms with E-state index in [1.807, 2.05) is 25.1 Å². The number of hydrogen-bond acceptors (Lipinski definition) is 3. The Hall–Kier alpha value is -1.26. The number of alkyl halides is 1. The van der Waals surface area contributed by atoms with E-state index in [1.54, 1.807) is 11.0 Å². The van der Waals surface area contributed by atoms with Crippen molar-refractivity contribution in [1.29, 1.82) is 0 Å². The molecule has 0 spiro atoms. The molecular weight excluding hydrogens is 266 g/mol. The molecule has 5 heteroatoms. The molecule has 1 heterocycles. The zero-order valence-corrected chi connectivity index (χ0v) is 11.7. The minimum Gasteiger partial charge on any atom is -0.493 e. The van der Waals surface area contributed by atoms with Gasteiger partial charge in [-0.3, -0.25) is 4.79 Å². The summed E-state index contributed by atoms with van der Waals surface area (Å²) in [5.74, 6) is 1.00. The fraction of sp³-hybridized carbons (Fsp3) is 0.500. The van der Waals surface area contributed by atoms with Gasteiger partial charge in [-0.05, 0) is 19.1 Å². The molecule has 0 aliphatic carbocycles. The van der Waals surface area contributed by atoms with E-state index in [1.165, 1.54) is 0 Å². The van der Waals surface area contributed by atoms with Gasteiger partial charge >= 0.3 is 0 Å². The lowest BCUT2D eigenvalue weighted by atomic mass is 10.1. The van der Waals surface area contributed by atoms with Crippen molar-refractivity contribution >= 4 is 17.5 Å². The molecule has 1 unspecified atom stereocenters. The second-order valence-corrected chi connectivity index (χ2v) is 4.64. The molecule has 1 saturated heterocycles. The smallest absolute Gasteiger partial charge is 0.257 e. The summed E-state index contributed by atoms with van der Waals surface area (Å²) in [4.78, 5) is 14.3. The Balaban J connectivity index is 2.14. The van der Waals surface area contributed by atoms with Gasteiger partial charge in [-0.1, -0.05) is 12.1 Å². The van der Waals surface area contributed by atoms with Gasteiger partial charge < -0.3 is 14.4 Å². The van der Waals surface area contributed by atoms with Crippen molar-refractivity contribution < 1.29 is 14.3 Å². The van der Waals surface area contributed by atoms with E-state index >= 15 is 0 Å². The standard InChI is InChI=1S/C14H18ClNO3/c1-2-18-13-6-4-3-5-12(13)14(17)16-7-8-19-11(9-15)10-16/h3-6,11H,2,7-10H2,1H3. The molecule has 0 aromatic heterocycles. The van der Waals surface area contributed by atoms with Crippen LogP contribution in [0.5, 0.6) is 5.75 Å². The Morgan fingerprint density at radius 3 is 3.05 bits per heavy atom. The zero-order valence-electron chi connectivity index (χ0n) is 11.0. The summed E-state index contributed by atoms with van der Waals surface area (Å²) < 4.78 is 11.0. The maximum Gasteiger partial charge on any atom is 0.257 e. The first kappa shape index (κ1) is 14.2. The molecule has 1 fully saturated rings. The number of carbonyl (C=O) groups excluding carboxylic acids is 1. The van der Waals surface area contributed by atoms with Crippen LogP contribution in [0.3, 0.4) is 0 Å². The normalized spacial score (nSPS) is 19.3. The van der Waals surface area contributed by atoms with Gasteiger partial charge in [-0.2, -0.15) is 0 Å². The van der Waals surface area contributed by atoms with Crippen LogP contribution in [-0.4, -0.2) is 49.1 Å². The maximum atomic E-state index is 12.5. The molecule has 1 aromatic carbocycles. The molecule has 4 nitrogen and oxygen atoms in total. The third-order valence-corrected chi connectivity index (χ3v) is 3.36. The molecule has 0 radical (unpaired) electrons. The van der Waals surface area contributed by atoms with Crippen LogP contribution in [0.1, 0.15) is 17.3 Å². The van der Waals surface area contributed by atoms with Crippen molar-refractivity contribution in [2.75, 3.05) is 32.2 Å². The van der Waals surface area contributed by atoms with Gasteiger partial charge in [-0.15, -0.1) is 11.6 Å². The first-order valence-corrected chi connectivity index (χ1v) is 6.98. The lowest BCUT2D eigenvalue weighted by Gasteiger charge is -2.32. The van der Waals surface area contributed by atoms with Crippen LogP contribution in [-0.2, 0) is 4.74 Å². The lowest BCUT2D eigenvalue weighted by molar-refractivity contribution is -0.0109. The molecule has 0 N–H and O–H groups in total. The first-order chi connectivity index (χ1) is 9.26. The number of carbonyl (C=O) groups is 1. The summed E-state index contributed by atoms with van der Waals surface area (Å²) in [6.45, 7) is 4.09. The number of amides is 1. The molecule has 1 aromatic rings. The fourth-order valence-corrected chi connectivity index (χ4v) is 2.28. The first-order valence-electron chi connectivity index (χ1n) is 6.45. The predicted octanol–water partition coefficient (Wildman–Crippen LogP) is 2.17. The predicted molar refractivity (Wildman–Crippen MR) is 74.0 cm³/mol. The molecular formula is C14H18ClNO3. The van der Waals surface area contributed by atoms with Crippen molar-refractivity contribution in [3.63, 3.8) is 0 Å². The number of hydrogen-bond donors (Lipinski definition) is 0. The summed E-state index contributed by atoms with van der Waals surface area (Å²) in [6.07, 6.45) is -0.0846. The topological polar surface area (TPSA) is 38.8 Å². The molecule has 1 atom stereocenters. The Labute approximate surface area is 118 Å². The highest BCUT2D eigenvalue weighted by Gasteiger charge is 2.26. The summed E-state index contributed by atoms with van der Waals surface area (Å²) in [7, 11) is 0. The van der Waals surface area contributed by atoms with Gasteiger partial charge in [0.2, 0.25) is 0 Å². The minimum absolute atomic E-state index is 0.0255. The SMILES string of the molecule is CCOc1ccccc1C(=O)N1CCOC(CCl)C1. The number of ether oxygens (including phenoxy) is 2. The van der Waals surface area contributed by atoms with Crippen LogP contribution in [0.2, 0.25) is 0 Å². The van der Waals surface area contributed by atoms with Crippen molar-refractivity contribution in [2.24, 2.45) is 0 Å². The Morgan fingerprint density at radius 1 is 1.53 bits per heavy atom. The lowest BCUT2D eigenvalue weighted by Crippen LogP contribution is -2.46. The molecule has 1 aliphatic heterocycles. The van der Waals surface area contributed by atoms with Crippen molar-refractivity contribution in [3.8, 4) is 5.75 Å². The van der Waals surface area contributed by atoms with Gasteiger partial charge in [0.1, 0.15) is 5.75 Å². The molecule has 0 saturated carbocycles. The summed E-state index contributed by atoms with van der Waals surface area (Å²) in [5.41, 5.74) is 0.597. The highest BCUT2D eigenvalue weighted by molar-refractivity contribution is 6.18. The van der Waals surface area contributed by atoms with E-state index in [0.717, 1.165) is 0 Å². The number of benzene rings is 1. The van der Waals surface area contributed by atoms with Gasteiger partial charge in [0.25, 0.3) is 5.91 Å². The average molecular weight is 284 g/mol.